The highest BCUT2D eigenvalue weighted by Gasteiger charge is 2.31. The number of nitrogens with zero attached hydrogens (tertiary/aromatic N) is 6. The molecule has 8 heteroatoms. The van der Waals surface area contributed by atoms with Gasteiger partial charge in [-0.25, -0.2) is 9.80 Å². The van der Waals surface area contributed by atoms with Crippen molar-refractivity contribution in [2.45, 2.75) is 47.1 Å². The Hall–Kier alpha value is -2.38. The number of aromatic nitrogens is 4. The molecule has 0 radical (unpaired) electrons. The van der Waals surface area contributed by atoms with Gasteiger partial charge >= 0.3 is 5.69 Å². The van der Waals surface area contributed by atoms with E-state index >= 15 is 0 Å². The molecule has 0 unspecified atom stereocenters. The minimum absolute atomic E-state index is 0.120. The lowest BCUT2D eigenvalue weighted by Crippen LogP contribution is -2.39. The van der Waals surface area contributed by atoms with Gasteiger partial charge in [0.2, 0.25) is 5.95 Å². The lowest BCUT2D eigenvalue weighted by Gasteiger charge is -2.31. The standard InChI is InChI=1S/C17H26N6O2/c1-7-8-9-23-15-18-13-12(14(24)21(6)16(25)20(13)5)22(15)10-11(19-23)17(2,3)4/h7-10H2,1-6H3. The highest BCUT2D eigenvalue weighted by molar-refractivity contribution is 5.93. The van der Waals surface area contributed by atoms with E-state index in [2.05, 4.69) is 32.7 Å². The van der Waals surface area contributed by atoms with Gasteiger partial charge in [0.1, 0.15) is 0 Å². The molecular weight excluding hydrogens is 320 g/mol. The maximum Gasteiger partial charge on any atom is 0.332 e. The minimum atomic E-state index is -0.370. The van der Waals surface area contributed by atoms with Gasteiger partial charge in [0, 0.05) is 26.1 Å². The summed E-state index contributed by atoms with van der Waals surface area (Å²) in [4.78, 5) is 29.6. The van der Waals surface area contributed by atoms with Crippen molar-refractivity contribution in [1.29, 1.82) is 0 Å². The Labute approximate surface area is 146 Å². The Morgan fingerprint density at radius 1 is 1.12 bits per heavy atom. The van der Waals surface area contributed by atoms with Crippen LogP contribution in [0.15, 0.2) is 14.7 Å². The summed E-state index contributed by atoms with van der Waals surface area (Å²) in [7, 11) is 3.14. The Bertz CT molecular complexity index is 970. The topological polar surface area (TPSA) is 77.4 Å². The highest BCUT2D eigenvalue weighted by atomic mass is 16.2. The minimum Gasteiger partial charge on any atom is -0.297 e. The van der Waals surface area contributed by atoms with Gasteiger partial charge in [0.05, 0.1) is 12.3 Å². The predicted octanol–water partition coefficient (Wildman–Crippen LogP) is 1.46. The summed E-state index contributed by atoms with van der Waals surface area (Å²) in [6, 6.07) is 0. The summed E-state index contributed by atoms with van der Waals surface area (Å²) in [6.07, 6.45) is 2.01. The van der Waals surface area contributed by atoms with Crippen molar-refractivity contribution < 1.29 is 0 Å². The van der Waals surface area contributed by atoms with Gasteiger partial charge < -0.3 is 0 Å². The van der Waals surface area contributed by atoms with Crippen molar-refractivity contribution in [3.05, 3.63) is 20.8 Å². The van der Waals surface area contributed by atoms with Crippen molar-refractivity contribution in [1.82, 2.24) is 18.7 Å². The summed E-state index contributed by atoms with van der Waals surface area (Å²) < 4.78 is 4.47. The van der Waals surface area contributed by atoms with Gasteiger partial charge in [0.15, 0.2) is 11.2 Å². The van der Waals surface area contributed by atoms with Crippen LogP contribution in [0.3, 0.4) is 0 Å². The zero-order valence-corrected chi connectivity index (χ0v) is 15.8. The molecule has 0 aromatic carbocycles. The fourth-order valence-electron chi connectivity index (χ4n) is 3.00. The summed E-state index contributed by atoms with van der Waals surface area (Å²) in [5, 5.41) is 6.67. The molecule has 1 aliphatic rings. The third-order valence-electron chi connectivity index (χ3n) is 4.70. The van der Waals surface area contributed by atoms with E-state index in [-0.39, 0.29) is 16.7 Å². The zero-order chi connectivity index (χ0) is 18.5. The van der Waals surface area contributed by atoms with Crippen molar-refractivity contribution in [3.63, 3.8) is 0 Å². The Morgan fingerprint density at radius 2 is 1.80 bits per heavy atom. The number of rotatable bonds is 3. The average molecular weight is 346 g/mol. The molecule has 0 saturated heterocycles. The summed E-state index contributed by atoms with van der Waals surface area (Å²) in [5.74, 6) is 0.634. The van der Waals surface area contributed by atoms with E-state index < -0.39 is 0 Å². The average Bonchev–Trinajstić information content (AvgIpc) is 2.94. The number of unbranched alkanes of at least 4 members (excludes halogenated alkanes) is 1. The van der Waals surface area contributed by atoms with Crippen LogP contribution in [-0.4, -0.2) is 30.9 Å². The first-order valence-corrected chi connectivity index (χ1v) is 8.68. The second-order valence-corrected chi connectivity index (χ2v) is 7.65. The number of hydrogen-bond acceptors (Lipinski definition) is 5. The number of aryl methyl sites for hydroxylation is 1. The van der Waals surface area contributed by atoms with E-state index in [4.69, 9.17) is 5.10 Å². The van der Waals surface area contributed by atoms with Crippen LogP contribution in [0.25, 0.3) is 11.2 Å². The van der Waals surface area contributed by atoms with Crippen LogP contribution in [0.1, 0.15) is 40.5 Å². The molecular formula is C17H26N6O2. The van der Waals surface area contributed by atoms with Gasteiger partial charge in [-0.15, -0.1) is 0 Å². The van der Waals surface area contributed by atoms with Gasteiger partial charge in [-0.1, -0.05) is 34.1 Å². The number of imidazole rings is 1. The first-order chi connectivity index (χ1) is 11.7. The molecule has 0 N–H and O–H groups in total. The highest BCUT2D eigenvalue weighted by Crippen LogP contribution is 2.29. The summed E-state index contributed by atoms with van der Waals surface area (Å²) in [6.45, 7) is 9.70. The Kier molecular flexibility index (Phi) is 4.09. The van der Waals surface area contributed by atoms with Crippen molar-refractivity contribution in [2.24, 2.45) is 24.6 Å². The molecule has 0 saturated carbocycles. The molecule has 136 valence electrons. The fourth-order valence-corrected chi connectivity index (χ4v) is 3.00. The lowest BCUT2D eigenvalue weighted by atomic mass is 9.89. The first-order valence-electron chi connectivity index (χ1n) is 8.68. The predicted molar refractivity (Wildman–Crippen MR) is 99.4 cm³/mol. The molecule has 0 aliphatic carbocycles. The molecule has 25 heavy (non-hydrogen) atoms. The maximum atomic E-state index is 12.7. The molecule has 3 heterocycles. The monoisotopic (exact) mass is 346 g/mol. The van der Waals surface area contributed by atoms with Crippen LogP contribution < -0.4 is 16.3 Å². The molecule has 8 nitrogen and oxygen atoms in total. The SMILES string of the molecule is CCCCN1N=C(C(C)(C)C)Cn2c1nc1c2c(=O)n(C)c(=O)n1C. The van der Waals surface area contributed by atoms with Crippen molar-refractivity contribution in [3.8, 4) is 0 Å². The van der Waals surface area contributed by atoms with Crippen molar-refractivity contribution >= 4 is 22.8 Å². The van der Waals surface area contributed by atoms with Crippen LogP contribution >= 0.6 is 0 Å². The third kappa shape index (κ3) is 2.69. The van der Waals surface area contributed by atoms with Gasteiger partial charge in [-0.2, -0.15) is 10.1 Å². The normalized spacial score (nSPS) is 14.8. The molecule has 2 aromatic heterocycles. The first kappa shape index (κ1) is 17.4. The quantitative estimate of drug-likeness (QED) is 0.843. The molecule has 0 spiro atoms. The molecule has 0 atom stereocenters. The van der Waals surface area contributed by atoms with Gasteiger partial charge in [-0.05, 0) is 6.42 Å². The maximum absolute atomic E-state index is 12.7. The molecule has 0 amide bonds. The van der Waals surface area contributed by atoms with E-state index in [1.54, 1.807) is 7.05 Å². The third-order valence-corrected chi connectivity index (χ3v) is 4.70. The van der Waals surface area contributed by atoms with Gasteiger partial charge in [0.25, 0.3) is 5.56 Å². The van der Waals surface area contributed by atoms with Crippen LogP contribution in [0.5, 0.6) is 0 Å². The van der Waals surface area contributed by atoms with E-state index in [1.807, 2.05) is 9.58 Å². The Morgan fingerprint density at radius 3 is 2.40 bits per heavy atom. The lowest BCUT2D eigenvalue weighted by molar-refractivity contribution is 0.547. The number of hydrazone groups is 1. The summed E-state index contributed by atoms with van der Waals surface area (Å²) in [5.41, 5.74) is 1.05. The fraction of sp³-hybridized carbons (Fsp3) is 0.647. The molecule has 3 rings (SSSR count). The molecule has 1 aliphatic heterocycles. The number of hydrogen-bond donors (Lipinski definition) is 0. The number of fused-ring (bicyclic) bond motifs is 3. The van der Waals surface area contributed by atoms with Crippen LogP contribution in [0.2, 0.25) is 0 Å². The second kappa shape index (κ2) is 5.86. The van der Waals surface area contributed by atoms with E-state index in [0.717, 1.165) is 29.7 Å². The van der Waals surface area contributed by atoms with Gasteiger partial charge in [-0.3, -0.25) is 18.5 Å². The van der Waals surface area contributed by atoms with E-state index in [9.17, 15) is 9.59 Å². The van der Waals surface area contributed by atoms with Crippen LogP contribution in [0.4, 0.5) is 5.95 Å². The largest absolute Gasteiger partial charge is 0.332 e. The van der Waals surface area contributed by atoms with E-state index in [1.165, 1.54) is 11.6 Å². The van der Waals surface area contributed by atoms with Crippen LogP contribution in [-0.2, 0) is 20.6 Å². The molecule has 2 aromatic rings. The summed E-state index contributed by atoms with van der Waals surface area (Å²) >= 11 is 0. The van der Waals surface area contributed by atoms with Crippen molar-refractivity contribution in [2.75, 3.05) is 11.6 Å². The smallest absolute Gasteiger partial charge is 0.297 e. The van der Waals surface area contributed by atoms with E-state index in [0.29, 0.717) is 23.7 Å². The molecule has 0 bridgehead atoms. The Balaban J connectivity index is 2.30. The zero-order valence-electron chi connectivity index (χ0n) is 15.8. The number of anilines is 1. The second-order valence-electron chi connectivity index (χ2n) is 7.65. The van der Waals surface area contributed by atoms with Crippen LogP contribution in [0, 0.1) is 5.41 Å². The molecule has 0 fully saturated rings.